The second-order valence-electron chi connectivity index (χ2n) is 11.0. The standard InChI is InChI=1S/C36H51O2P/c1-5-7-9-11-13-16-20-32-24-26-35(30(3)28-32)37-39(34-22-18-15-19-23-34)38-36-27-25-33(29-31(36)4)21-17-14-12-10-8-6-2/h15,18-19,22-29H,5-14,16-17,20-21H2,1-4H3. The maximum Gasteiger partial charge on any atom is 0.326 e. The van der Waals surface area contributed by atoms with Gasteiger partial charge in [0.1, 0.15) is 11.5 Å². The molecule has 0 amide bonds. The highest BCUT2D eigenvalue weighted by atomic mass is 31.2. The minimum Gasteiger partial charge on any atom is -0.435 e. The topological polar surface area (TPSA) is 18.5 Å². The summed E-state index contributed by atoms with van der Waals surface area (Å²) in [5, 5.41) is 1.08. The van der Waals surface area contributed by atoms with Gasteiger partial charge in [0, 0.05) is 0 Å². The second kappa shape index (κ2) is 18.1. The van der Waals surface area contributed by atoms with Crippen molar-refractivity contribution in [2.24, 2.45) is 0 Å². The number of unbranched alkanes of at least 4 members (excludes halogenated alkanes) is 10. The molecule has 0 N–H and O–H groups in total. The highest BCUT2D eigenvalue weighted by molar-refractivity contribution is 7.56. The Bertz CT molecular complexity index is 1010. The van der Waals surface area contributed by atoms with Crippen molar-refractivity contribution >= 4 is 13.7 Å². The molecule has 0 aliphatic heterocycles. The molecular formula is C36H51O2P. The Kier molecular flexibility index (Phi) is 14.5. The van der Waals surface area contributed by atoms with Crippen molar-refractivity contribution in [1.29, 1.82) is 0 Å². The van der Waals surface area contributed by atoms with Crippen LogP contribution in [0.25, 0.3) is 0 Å². The lowest BCUT2D eigenvalue weighted by atomic mass is 10.0. The van der Waals surface area contributed by atoms with Gasteiger partial charge in [-0.15, -0.1) is 0 Å². The van der Waals surface area contributed by atoms with Crippen LogP contribution in [0.2, 0.25) is 0 Å². The highest BCUT2D eigenvalue weighted by Gasteiger charge is 2.20. The zero-order chi connectivity index (χ0) is 27.7. The first-order valence-corrected chi connectivity index (χ1v) is 16.7. The lowest BCUT2D eigenvalue weighted by molar-refractivity contribution is 0.497. The van der Waals surface area contributed by atoms with Crippen LogP contribution in [-0.2, 0) is 12.8 Å². The summed E-state index contributed by atoms with van der Waals surface area (Å²) in [6, 6.07) is 23.7. The molecule has 3 aromatic carbocycles. The first kappa shape index (κ1) is 31.2. The van der Waals surface area contributed by atoms with E-state index in [1.165, 1.54) is 99.3 Å². The first-order chi connectivity index (χ1) is 19.1. The summed E-state index contributed by atoms with van der Waals surface area (Å²) in [7, 11) is -1.30. The minimum absolute atomic E-state index is 0.911. The molecule has 0 saturated heterocycles. The second-order valence-corrected chi connectivity index (χ2v) is 12.4. The largest absolute Gasteiger partial charge is 0.435 e. The minimum atomic E-state index is -1.30. The summed E-state index contributed by atoms with van der Waals surface area (Å²) in [6.45, 7) is 8.85. The maximum absolute atomic E-state index is 6.60. The third-order valence-corrected chi connectivity index (χ3v) is 8.89. The van der Waals surface area contributed by atoms with E-state index >= 15 is 0 Å². The molecule has 0 unspecified atom stereocenters. The monoisotopic (exact) mass is 546 g/mol. The summed E-state index contributed by atoms with van der Waals surface area (Å²) in [5.74, 6) is 1.82. The van der Waals surface area contributed by atoms with E-state index in [4.69, 9.17) is 9.05 Å². The van der Waals surface area contributed by atoms with E-state index in [1.54, 1.807) is 0 Å². The summed E-state index contributed by atoms with van der Waals surface area (Å²) < 4.78 is 13.2. The van der Waals surface area contributed by atoms with Crippen molar-refractivity contribution < 1.29 is 9.05 Å². The van der Waals surface area contributed by atoms with Crippen molar-refractivity contribution in [3.05, 3.63) is 89.0 Å². The van der Waals surface area contributed by atoms with Gasteiger partial charge in [-0.2, -0.15) is 0 Å². The maximum atomic E-state index is 6.60. The van der Waals surface area contributed by atoms with Gasteiger partial charge >= 0.3 is 8.38 Å². The van der Waals surface area contributed by atoms with E-state index in [1.807, 2.05) is 6.07 Å². The van der Waals surface area contributed by atoms with E-state index in [2.05, 4.69) is 88.4 Å². The third-order valence-electron chi connectivity index (χ3n) is 7.45. The van der Waals surface area contributed by atoms with Gasteiger partial charge in [0.15, 0.2) is 0 Å². The Labute approximate surface area is 240 Å². The van der Waals surface area contributed by atoms with Crippen LogP contribution in [-0.4, -0.2) is 0 Å². The number of aryl methyl sites for hydroxylation is 4. The summed E-state index contributed by atoms with van der Waals surface area (Å²) in [4.78, 5) is 0. The Morgan fingerprint density at radius 2 is 0.949 bits per heavy atom. The van der Waals surface area contributed by atoms with Crippen LogP contribution >= 0.6 is 8.38 Å². The van der Waals surface area contributed by atoms with E-state index in [-0.39, 0.29) is 0 Å². The lowest BCUT2D eigenvalue weighted by Crippen LogP contribution is -2.10. The molecule has 0 aliphatic rings. The van der Waals surface area contributed by atoms with Gasteiger partial charge in [0.05, 0.1) is 5.30 Å². The fourth-order valence-corrected chi connectivity index (χ4v) is 6.44. The smallest absolute Gasteiger partial charge is 0.326 e. The molecule has 2 nitrogen and oxygen atoms in total. The molecule has 3 aromatic rings. The molecule has 3 rings (SSSR count). The average Bonchev–Trinajstić information content (AvgIpc) is 2.95. The van der Waals surface area contributed by atoms with Crippen LogP contribution in [0.3, 0.4) is 0 Å². The molecule has 3 heteroatoms. The van der Waals surface area contributed by atoms with Crippen LogP contribution in [0, 0.1) is 13.8 Å². The molecule has 0 radical (unpaired) electrons. The van der Waals surface area contributed by atoms with Gasteiger partial charge in [0.25, 0.3) is 0 Å². The van der Waals surface area contributed by atoms with Gasteiger partial charge in [-0.3, -0.25) is 0 Å². The fraction of sp³-hybridized carbons (Fsp3) is 0.500. The predicted octanol–water partition coefficient (Wildman–Crippen LogP) is 11.2. The Morgan fingerprint density at radius 1 is 0.513 bits per heavy atom. The van der Waals surface area contributed by atoms with Crippen LogP contribution in [0.15, 0.2) is 66.7 Å². The molecule has 0 aromatic heterocycles. The Hall–Kier alpha value is -2.31. The van der Waals surface area contributed by atoms with E-state index in [0.717, 1.165) is 29.6 Å². The Balaban J connectivity index is 1.62. The summed E-state index contributed by atoms with van der Waals surface area (Å²) >= 11 is 0. The fourth-order valence-electron chi connectivity index (χ4n) is 5.01. The number of rotatable bonds is 19. The quantitative estimate of drug-likeness (QED) is 0.110. The third kappa shape index (κ3) is 11.4. The van der Waals surface area contributed by atoms with Crippen molar-refractivity contribution in [2.45, 2.75) is 118 Å². The van der Waals surface area contributed by atoms with Crippen LogP contribution < -0.4 is 14.4 Å². The molecule has 212 valence electrons. The van der Waals surface area contributed by atoms with Gasteiger partial charge in [-0.25, -0.2) is 0 Å². The van der Waals surface area contributed by atoms with Crippen LogP contribution in [0.1, 0.15) is 113 Å². The highest BCUT2D eigenvalue weighted by Crippen LogP contribution is 2.42. The van der Waals surface area contributed by atoms with Gasteiger partial charge in [-0.05, 0) is 86.1 Å². The molecular weight excluding hydrogens is 495 g/mol. The van der Waals surface area contributed by atoms with E-state index in [9.17, 15) is 0 Å². The molecule has 0 saturated carbocycles. The predicted molar refractivity (Wildman–Crippen MR) is 171 cm³/mol. The molecule has 0 atom stereocenters. The first-order valence-electron chi connectivity index (χ1n) is 15.5. The normalized spacial score (nSPS) is 11.2. The van der Waals surface area contributed by atoms with Gasteiger partial charge < -0.3 is 9.05 Å². The van der Waals surface area contributed by atoms with Gasteiger partial charge in [-0.1, -0.05) is 121 Å². The molecule has 39 heavy (non-hydrogen) atoms. The van der Waals surface area contributed by atoms with Crippen LogP contribution in [0.5, 0.6) is 11.5 Å². The molecule has 0 heterocycles. The SMILES string of the molecule is CCCCCCCCc1ccc(OP(Oc2ccc(CCCCCCCC)cc2C)c2ccccc2)c(C)c1. The zero-order valence-electron chi connectivity index (χ0n) is 25.0. The van der Waals surface area contributed by atoms with Crippen molar-refractivity contribution in [3.63, 3.8) is 0 Å². The van der Waals surface area contributed by atoms with E-state index in [0.29, 0.717) is 0 Å². The molecule has 0 spiro atoms. The Morgan fingerprint density at radius 3 is 1.38 bits per heavy atom. The summed E-state index contributed by atoms with van der Waals surface area (Å²) in [5.41, 5.74) is 5.15. The summed E-state index contributed by atoms with van der Waals surface area (Å²) in [6.07, 6.45) is 18.2. The van der Waals surface area contributed by atoms with Crippen LogP contribution in [0.4, 0.5) is 0 Å². The number of benzene rings is 3. The number of hydrogen-bond donors (Lipinski definition) is 0. The molecule has 0 bridgehead atoms. The lowest BCUT2D eigenvalue weighted by Gasteiger charge is -2.21. The molecule has 0 fully saturated rings. The average molecular weight is 547 g/mol. The van der Waals surface area contributed by atoms with E-state index < -0.39 is 8.38 Å². The van der Waals surface area contributed by atoms with Crippen molar-refractivity contribution in [3.8, 4) is 11.5 Å². The number of hydrogen-bond acceptors (Lipinski definition) is 2. The molecule has 0 aliphatic carbocycles. The zero-order valence-corrected chi connectivity index (χ0v) is 25.9. The van der Waals surface area contributed by atoms with Crippen molar-refractivity contribution in [2.75, 3.05) is 0 Å². The van der Waals surface area contributed by atoms with Crippen molar-refractivity contribution in [1.82, 2.24) is 0 Å². The van der Waals surface area contributed by atoms with Gasteiger partial charge in [0.2, 0.25) is 0 Å².